The van der Waals surface area contributed by atoms with Crippen molar-refractivity contribution in [3.05, 3.63) is 76.0 Å². The number of H-pyrrole nitrogens is 1. The highest BCUT2D eigenvalue weighted by Crippen LogP contribution is 2.32. The Labute approximate surface area is 191 Å². The molecule has 2 aromatic heterocycles. The molecule has 0 aliphatic carbocycles. The number of benzene rings is 2. The predicted molar refractivity (Wildman–Crippen MR) is 122 cm³/mol. The first-order valence-corrected chi connectivity index (χ1v) is 11.1. The SMILES string of the molecule is Cc1cc2nc(SCC(=O)NCc3ccc4c(c3)OCO4)n(-c3ccc(F)cc3)c(=O)c2[nH]1. The normalized spacial score (nSPS) is 12.3. The first-order chi connectivity index (χ1) is 16.0. The maximum absolute atomic E-state index is 13.4. The molecule has 0 radical (unpaired) electrons. The van der Waals surface area contributed by atoms with E-state index in [0.29, 0.717) is 39.9 Å². The summed E-state index contributed by atoms with van der Waals surface area (Å²) in [4.78, 5) is 33.3. The maximum atomic E-state index is 13.4. The molecule has 4 aromatic rings. The number of nitrogens with one attached hydrogen (secondary N) is 2. The molecule has 8 nitrogen and oxygen atoms in total. The molecule has 3 heterocycles. The van der Waals surface area contributed by atoms with Gasteiger partial charge >= 0.3 is 0 Å². The summed E-state index contributed by atoms with van der Waals surface area (Å²) < 4.78 is 25.5. The number of carbonyl (C=O) groups is 1. The standard InChI is InChI=1S/C23H19FN4O4S/c1-13-8-17-21(26-13)22(30)28(16-5-3-15(24)4-6-16)23(27-17)33-11-20(29)25-10-14-2-7-18-19(9-14)32-12-31-18/h2-9,26H,10-12H2,1H3,(H,25,29). The predicted octanol–water partition coefficient (Wildman–Crippen LogP) is 3.30. The number of hydrogen-bond acceptors (Lipinski definition) is 6. The van der Waals surface area contributed by atoms with Gasteiger partial charge in [-0.05, 0) is 55.0 Å². The van der Waals surface area contributed by atoms with Crippen molar-refractivity contribution in [3.63, 3.8) is 0 Å². The smallest absolute Gasteiger partial charge is 0.283 e. The van der Waals surface area contributed by atoms with E-state index < -0.39 is 5.82 Å². The van der Waals surface area contributed by atoms with E-state index in [2.05, 4.69) is 15.3 Å². The fourth-order valence-corrected chi connectivity index (χ4v) is 4.37. The minimum absolute atomic E-state index is 0.0487. The molecule has 0 saturated heterocycles. The lowest BCUT2D eigenvalue weighted by molar-refractivity contribution is -0.118. The van der Waals surface area contributed by atoms with Crippen LogP contribution in [0.3, 0.4) is 0 Å². The summed E-state index contributed by atoms with van der Waals surface area (Å²) in [7, 11) is 0. The second-order valence-electron chi connectivity index (χ2n) is 7.48. The number of aryl methyl sites for hydroxylation is 1. The van der Waals surface area contributed by atoms with E-state index in [9.17, 15) is 14.0 Å². The third kappa shape index (κ3) is 4.29. The summed E-state index contributed by atoms with van der Waals surface area (Å²) >= 11 is 1.14. The van der Waals surface area contributed by atoms with E-state index in [1.807, 2.05) is 19.1 Å². The molecule has 0 atom stereocenters. The molecule has 0 bridgehead atoms. The molecule has 33 heavy (non-hydrogen) atoms. The van der Waals surface area contributed by atoms with Gasteiger partial charge in [0.15, 0.2) is 16.7 Å². The van der Waals surface area contributed by atoms with Crippen LogP contribution in [0.25, 0.3) is 16.7 Å². The lowest BCUT2D eigenvalue weighted by Gasteiger charge is -2.12. The van der Waals surface area contributed by atoms with Gasteiger partial charge in [-0.3, -0.25) is 14.2 Å². The van der Waals surface area contributed by atoms with E-state index in [1.54, 1.807) is 12.1 Å². The van der Waals surface area contributed by atoms with Crippen LogP contribution in [0.15, 0.2) is 58.5 Å². The minimum atomic E-state index is -0.409. The quantitative estimate of drug-likeness (QED) is 0.334. The van der Waals surface area contributed by atoms with Crippen LogP contribution in [0.1, 0.15) is 11.3 Å². The fraction of sp³-hybridized carbons (Fsp3) is 0.174. The van der Waals surface area contributed by atoms with Crippen LogP contribution in [0.4, 0.5) is 4.39 Å². The topological polar surface area (TPSA) is 98.2 Å². The Morgan fingerprint density at radius 3 is 2.79 bits per heavy atom. The number of aromatic amines is 1. The summed E-state index contributed by atoms with van der Waals surface area (Å²) in [6.07, 6.45) is 0. The van der Waals surface area contributed by atoms with Crippen LogP contribution < -0.4 is 20.3 Å². The summed E-state index contributed by atoms with van der Waals surface area (Å²) in [6.45, 7) is 2.35. The van der Waals surface area contributed by atoms with Crippen LogP contribution in [-0.4, -0.2) is 33.0 Å². The average Bonchev–Trinajstić information content (AvgIpc) is 3.42. The molecular weight excluding hydrogens is 447 g/mol. The Bertz CT molecular complexity index is 1410. The van der Waals surface area contributed by atoms with Crippen LogP contribution in [0.5, 0.6) is 11.5 Å². The first kappa shape index (κ1) is 21.1. The van der Waals surface area contributed by atoms with Crippen molar-refractivity contribution < 1.29 is 18.7 Å². The van der Waals surface area contributed by atoms with Gasteiger partial charge in [0.05, 0.1) is 17.0 Å². The zero-order valence-corrected chi connectivity index (χ0v) is 18.4. The van der Waals surface area contributed by atoms with Crippen molar-refractivity contribution in [3.8, 4) is 17.2 Å². The molecule has 2 N–H and O–H groups in total. The van der Waals surface area contributed by atoms with Gasteiger partial charge in [-0.25, -0.2) is 9.37 Å². The number of hydrogen-bond donors (Lipinski definition) is 2. The van der Waals surface area contributed by atoms with E-state index >= 15 is 0 Å². The monoisotopic (exact) mass is 466 g/mol. The Morgan fingerprint density at radius 1 is 1.18 bits per heavy atom. The Balaban J connectivity index is 1.35. The molecule has 0 spiro atoms. The van der Waals surface area contributed by atoms with Crippen LogP contribution in [-0.2, 0) is 11.3 Å². The molecule has 10 heteroatoms. The molecule has 0 saturated carbocycles. The van der Waals surface area contributed by atoms with Gasteiger partial charge in [0.2, 0.25) is 12.7 Å². The van der Waals surface area contributed by atoms with Gasteiger partial charge in [-0.2, -0.15) is 0 Å². The molecule has 2 aromatic carbocycles. The van der Waals surface area contributed by atoms with Crippen molar-refractivity contribution in [1.82, 2.24) is 19.9 Å². The van der Waals surface area contributed by atoms with Gasteiger partial charge in [0.25, 0.3) is 5.56 Å². The first-order valence-electron chi connectivity index (χ1n) is 10.1. The van der Waals surface area contributed by atoms with Gasteiger partial charge < -0.3 is 19.8 Å². The summed E-state index contributed by atoms with van der Waals surface area (Å²) in [6, 6.07) is 12.8. The number of aromatic nitrogens is 3. The van der Waals surface area contributed by atoms with Crippen molar-refractivity contribution in [2.24, 2.45) is 0 Å². The number of ether oxygens (including phenoxy) is 2. The number of fused-ring (bicyclic) bond motifs is 2. The van der Waals surface area contributed by atoms with Gasteiger partial charge in [0.1, 0.15) is 11.3 Å². The highest BCUT2D eigenvalue weighted by Gasteiger charge is 2.17. The summed E-state index contributed by atoms with van der Waals surface area (Å²) in [5, 5.41) is 3.20. The second kappa shape index (κ2) is 8.62. The third-order valence-electron chi connectivity index (χ3n) is 5.10. The fourth-order valence-electron chi connectivity index (χ4n) is 3.52. The van der Waals surface area contributed by atoms with Crippen molar-refractivity contribution >= 4 is 28.7 Å². The Morgan fingerprint density at radius 2 is 1.97 bits per heavy atom. The van der Waals surface area contributed by atoms with Gasteiger partial charge in [-0.15, -0.1) is 0 Å². The van der Waals surface area contributed by atoms with Crippen molar-refractivity contribution in [2.75, 3.05) is 12.5 Å². The molecule has 0 unspecified atom stereocenters. The van der Waals surface area contributed by atoms with Crippen molar-refractivity contribution in [2.45, 2.75) is 18.6 Å². The third-order valence-corrected chi connectivity index (χ3v) is 6.04. The number of carbonyl (C=O) groups excluding carboxylic acids is 1. The molecule has 5 rings (SSSR count). The Hall–Kier alpha value is -3.79. The molecule has 0 fully saturated rings. The van der Waals surface area contributed by atoms with Crippen molar-refractivity contribution in [1.29, 1.82) is 0 Å². The molecule has 1 aliphatic heterocycles. The average molecular weight is 466 g/mol. The number of rotatable bonds is 6. The molecule has 168 valence electrons. The number of nitrogens with zero attached hydrogens (tertiary/aromatic N) is 2. The Kier molecular flexibility index (Phi) is 5.51. The zero-order valence-electron chi connectivity index (χ0n) is 17.6. The van der Waals surface area contributed by atoms with E-state index in [1.165, 1.54) is 28.8 Å². The minimum Gasteiger partial charge on any atom is -0.454 e. The van der Waals surface area contributed by atoms with E-state index in [4.69, 9.17) is 9.47 Å². The van der Waals surface area contributed by atoms with E-state index in [0.717, 1.165) is 23.0 Å². The van der Waals surface area contributed by atoms with Gasteiger partial charge in [0, 0.05) is 12.2 Å². The van der Waals surface area contributed by atoms with E-state index in [-0.39, 0.29) is 24.0 Å². The van der Waals surface area contributed by atoms with Crippen LogP contribution in [0.2, 0.25) is 0 Å². The largest absolute Gasteiger partial charge is 0.454 e. The highest BCUT2D eigenvalue weighted by atomic mass is 32.2. The number of halogens is 1. The van der Waals surface area contributed by atoms with Crippen LogP contribution in [0, 0.1) is 12.7 Å². The van der Waals surface area contributed by atoms with Crippen LogP contribution >= 0.6 is 11.8 Å². The zero-order chi connectivity index (χ0) is 22.9. The lowest BCUT2D eigenvalue weighted by Crippen LogP contribution is -2.26. The molecular formula is C23H19FN4O4S. The summed E-state index contributed by atoms with van der Waals surface area (Å²) in [5.41, 5.74) is 2.69. The lowest BCUT2D eigenvalue weighted by atomic mass is 10.2. The second-order valence-corrected chi connectivity index (χ2v) is 8.42. The highest BCUT2D eigenvalue weighted by molar-refractivity contribution is 7.99. The molecule has 1 aliphatic rings. The number of amides is 1. The number of thioether (sulfide) groups is 1. The summed E-state index contributed by atoms with van der Waals surface area (Å²) in [5.74, 6) is 0.753. The molecule has 1 amide bonds. The van der Waals surface area contributed by atoms with Gasteiger partial charge in [-0.1, -0.05) is 17.8 Å². The maximum Gasteiger partial charge on any atom is 0.283 e.